The molecule has 0 saturated carbocycles. The van der Waals surface area contributed by atoms with Crippen LogP contribution in [-0.2, 0) is 25.7 Å². The van der Waals surface area contributed by atoms with Crippen LogP contribution in [0, 0.1) is 0 Å². The van der Waals surface area contributed by atoms with Crippen LogP contribution >= 0.6 is 0 Å². The first-order valence-electron chi connectivity index (χ1n) is 9.97. The lowest BCUT2D eigenvalue weighted by Gasteiger charge is -2.18. The maximum absolute atomic E-state index is 12.8. The Balaban J connectivity index is 1.74. The summed E-state index contributed by atoms with van der Waals surface area (Å²) in [5.74, 6) is -1.13. The zero-order valence-electron chi connectivity index (χ0n) is 16.9. The predicted molar refractivity (Wildman–Crippen MR) is 115 cm³/mol. The van der Waals surface area contributed by atoms with Crippen LogP contribution in [0.3, 0.4) is 0 Å². The van der Waals surface area contributed by atoms with Crippen molar-refractivity contribution in [1.29, 1.82) is 0 Å². The number of carbonyl (C=O) groups is 2. The number of fused-ring (bicyclic) bond motifs is 3. The van der Waals surface area contributed by atoms with E-state index in [1.165, 1.54) is 6.08 Å². The zero-order chi connectivity index (χ0) is 21.8. The molecular formula is C24H21NO6. The number of nitrogens with one attached hydrogen (secondary N) is 1. The SMILES string of the molecule is CCOC(=O)C1CC(C(=O)OCc2ccccc2)=Cc2c(c3ccccc3oc2=O)N1. The summed E-state index contributed by atoms with van der Waals surface area (Å²) in [6.07, 6.45) is 1.45. The Morgan fingerprint density at radius 1 is 1.06 bits per heavy atom. The molecule has 31 heavy (non-hydrogen) atoms. The quantitative estimate of drug-likeness (QED) is 0.498. The molecule has 158 valence electrons. The van der Waals surface area contributed by atoms with Crippen molar-refractivity contribution in [3.8, 4) is 0 Å². The van der Waals surface area contributed by atoms with Gasteiger partial charge in [-0.25, -0.2) is 14.4 Å². The van der Waals surface area contributed by atoms with Crippen molar-refractivity contribution in [2.24, 2.45) is 0 Å². The van der Waals surface area contributed by atoms with E-state index in [0.717, 1.165) is 5.56 Å². The highest BCUT2D eigenvalue weighted by molar-refractivity contribution is 6.02. The first kappa shape index (κ1) is 20.4. The van der Waals surface area contributed by atoms with Crippen LogP contribution in [0.1, 0.15) is 24.5 Å². The lowest BCUT2D eigenvalue weighted by molar-refractivity contribution is -0.144. The molecule has 4 rings (SSSR count). The number of benzene rings is 2. The highest BCUT2D eigenvalue weighted by atomic mass is 16.5. The summed E-state index contributed by atoms with van der Waals surface area (Å²) >= 11 is 0. The van der Waals surface area contributed by atoms with Crippen molar-refractivity contribution in [3.05, 3.63) is 81.7 Å². The summed E-state index contributed by atoms with van der Waals surface area (Å²) in [5, 5.41) is 3.72. The van der Waals surface area contributed by atoms with E-state index in [1.807, 2.05) is 30.3 Å². The largest absolute Gasteiger partial charge is 0.464 e. The Labute approximate surface area is 178 Å². The maximum Gasteiger partial charge on any atom is 0.345 e. The minimum absolute atomic E-state index is 0.00883. The first-order chi connectivity index (χ1) is 15.1. The van der Waals surface area contributed by atoms with Crippen molar-refractivity contribution in [2.75, 3.05) is 11.9 Å². The van der Waals surface area contributed by atoms with Gasteiger partial charge in [0.2, 0.25) is 0 Å². The fourth-order valence-electron chi connectivity index (χ4n) is 3.47. The van der Waals surface area contributed by atoms with Crippen LogP contribution in [0.5, 0.6) is 0 Å². The molecule has 2 heterocycles. The van der Waals surface area contributed by atoms with Crippen LogP contribution < -0.4 is 10.9 Å². The monoisotopic (exact) mass is 419 g/mol. The van der Waals surface area contributed by atoms with E-state index in [1.54, 1.807) is 31.2 Å². The van der Waals surface area contributed by atoms with Gasteiger partial charge in [0.05, 0.1) is 17.9 Å². The molecule has 7 heteroatoms. The molecule has 0 aliphatic carbocycles. The Hall–Kier alpha value is -3.87. The Kier molecular flexibility index (Phi) is 5.84. The summed E-state index contributed by atoms with van der Waals surface area (Å²) in [7, 11) is 0. The molecule has 1 aliphatic rings. The van der Waals surface area contributed by atoms with E-state index in [0.29, 0.717) is 16.7 Å². The molecule has 0 amide bonds. The standard InChI is InChI=1S/C24H21NO6/c1-2-29-24(28)19-13-16(22(26)30-14-15-8-4-3-5-9-15)12-18-21(25-19)17-10-6-7-11-20(17)31-23(18)27/h3-12,19,25H,2,13-14H2,1H3. The fourth-order valence-corrected chi connectivity index (χ4v) is 3.47. The Morgan fingerprint density at radius 3 is 2.58 bits per heavy atom. The summed E-state index contributed by atoms with van der Waals surface area (Å²) in [5.41, 5.74) is 1.37. The van der Waals surface area contributed by atoms with Crippen molar-refractivity contribution in [2.45, 2.75) is 26.0 Å². The molecule has 0 bridgehead atoms. The second kappa shape index (κ2) is 8.87. The van der Waals surface area contributed by atoms with Crippen LogP contribution in [0.4, 0.5) is 5.69 Å². The highest BCUT2D eigenvalue weighted by Crippen LogP contribution is 2.31. The maximum atomic E-state index is 12.8. The molecule has 1 aromatic heterocycles. The average Bonchev–Trinajstić information content (AvgIpc) is 3.00. The van der Waals surface area contributed by atoms with Crippen LogP contribution in [0.25, 0.3) is 17.0 Å². The summed E-state index contributed by atoms with van der Waals surface area (Å²) in [6.45, 7) is 1.98. The molecular weight excluding hydrogens is 398 g/mol. The van der Waals surface area contributed by atoms with Gasteiger partial charge in [-0.1, -0.05) is 42.5 Å². The lowest BCUT2D eigenvalue weighted by Crippen LogP contribution is -2.32. The third kappa shape index (κ3) is 4.35. The van der Waals surface area contributed by atoms with Gasteiger partial charge in [0, 0.05) is 17.4 Å². The number of anilines is 1. The molecule has 0 fully saturated rings. The van der Waals surface area contributed by atoms with E-state index in [9.17, 15) is 14.4 Å². The second-order valence-electron chi connectivity index (χ2n) is 7.06. The number of hydrogen-bond acceptors (Lipinski definition) is 7. The summed E-state index contributed by atoms with van der Waals surface area (Å²) in [4.78, 5) is 38.1. The third-order valence-corrected chi connectivity index (χ3v) is 4.96. The van der Waals surface area contributed by atoms with Crippen molar-refractivity contribution in [3.63, 3.8) is 0 Å². The molecule has 1 aliphatic heterocycles. The topological polar surface area (TPSA) is 94.8 Å². The molecule has 1 N–H and O–H groups in total. The molecule has 1 unspecified atom stereocenters. The highest BCUT2D eigenvalue weighted by Gasteiger charge is 2.30. The molecule has 2 aromatic carbocycles. The smallest absolute Gasteiger partial charge is 0.345 e. The predicted octanol–water partition coefficient (Wildman–Crippen LogP) is 3.67. The fraction of sp³-hybridized carbons (Fsp3) is 0.208. The van der Waals surface area contributed by atoms with E-state index in [4.69, 9.17) is 13.9 Å². The average molecular weight is 419 g/mol. The second-order valence-corrected chi connectivity index (χ2v) is 7.06. The Morgan fingerprint density at radius 2 is 1.81 bits per heavy atom. The minimum Gasteiger partial charge on any atom is -0.464 e. The molecule has 3 aromatic rings. The normalized spacial score (nSPS) is 15.3. The number of para-hydroxylation sites is 1. The van der Waals surface area contributed by atoms with E-state index in [2.05, 4.69) is 5.32 Å². The van der Waals surface area contributed by atoms with Gasteiger partial charge >= 0.3 is 17.6 Å². The van der Waals surface area contributed by atoms with Gasteiger partial charge < -0.3 is 19.2 Å². The number of carbonyl (C=O) groups excluding carboxylic acids is 2. The van der Waals surface area contributed by atoms with E-state index >= 15 is 0 Å². The van der Waals surface area contributed by atoms with Crippen molar-refractivity contribution in [1.82, 2.24) is 0 Å². The summed E-state index contributed by atoms with van der Waals surface area (Å²) < 4.78 is 16.0. The van der Waals surface area contributed by atoms with E-state index in [-0.39, 0.29) is 30.8 Å². The minimum atomic E-state index is -0.859. The van der Waals surface area contributed by atoms with Crippen LogP contribution in [0.2, 0.25) is 0 Å². The van der Waals surface area contributed by atoms with Crippen LogP contribution in [0.15, 0.2) is 69.4 Å². The number of esters is 2. The number of ether oxygens (including phenoxy) is 2. The van der Waals surface area contributed by atoms with Crippen molar-refractivity contribution >= 4 is 34.7 Å². The Bertz CT molecular complexity index is 1210. The van der Waals surface area contributed by atoms with E-state index < -0.39 is 23.6 Å². The van der Waals surface area contributed by atoms with Gasteiger partial charge in [0.25, 0.3) is 0 Å². The molecule has 0 radical (unpaired) electrons. The molecule has 0 spiro atoms. The van der Waals surface area contributed by atoms with Gasteiger partial charge in [-0.05, 0) is 30.7 Å². The molecule has 1 atom stereocenters. The number of hydrogen-bond donors (Lipinski definition) is 1. The zero-order valence-corrected chi connectivity index (χ0v) is 16.9. The van der Waals surface area contributed by atoms with Gasteiger partial charge in [0.15, 0.2) is 0 Å². The van der Waals surface area contributed by atoms with Gasteiger partial charge in [-0.3, -0.25) is 0 Å². The first-order valence-corrected chi connectivity index (χ1v) is 9.97. The van der Waals surface area contributed by atoms with Gasteiger partial charge in [-0.2, -0.15) is 0 Å². The molecule has 7 nitrogen and oxygen atoms in total. The van der Waals surface area contributed by atoms with Crippen LogP contribution in [-0.4, -0.2) is 24.6 Å². The molecule has 0 saturated heterocycles. The van der Waals surface area contributed by atoms with Crippen molar-refractivity contribution < 1.29 is 23.5 Å². The third-order valence-electron chi connectivity index (χ3n) is 4.96. The number of rotatable bonds is 5. The van der Waals surface area contributed by atoms with Gasteiger partial charge in [0.1, 0.15) is 18.2 Å². The van der Waals surface area contributed by atoms with Gasteiger partial charge in [-0.15, -0.1) is 0 Å². The summed E-state index contributed by atoms with van der Waals surface area (Å²) in [6, 6.07) is 15.4. The lowest BCUT2D eigenvalue weighted by atomic mass is 10.1.